The van der Waals surface area contributed by atoms with Gasteiger partial charge in [-0.15, -0.1) is 0 Å². The standard InChI is InChI=1S/C16H17F2NO2/c1-2-10-21-13-8-6-12(7-9-13)14-4-3-5-16(20)19(14)11-15(17)18/h2,4,6-9,15H,1,3,5,10-11H2. The number of hydrogen-bond acceptors (Lipinski definition) is 2. The second kappa shape index (κ2) is 7.02. The maximum atomic E-state index is 12.6. The summed E-state index contributed by atoms with van der Waals surface area (Å²) in [6.07, 6.45) is 1.76. The van der Waals surface area contributed by atoms with E-state index in [1.54, 1.807) is 30.3 Å². The molecule has 21 heavy (non-hydrogen) atoms. The van der Waals surface area contributed by atoms with Gasteiger partial charge in [-0.2, -0.15) is 0 Å². The van der Waals surface area contributed by atoms with E-state index in [1.165, 1.54) is 0 Å². The zero-order valence-electron chi connectivity index (χ0n) is 11.6. The van der Waals surface area contributed by atoms with Crippen molar-refractivity contribution in [2.75, 3.05) is 13.2 Å². The molecule has 0 unspecified atom stereocenters. The van der Waals surface area contributed by atoms with E-state index in [9.17, 15) is 13.6 Å². The van der Waals surface area contributed by atoms with E-state index < -0.39 is 13.0 Å². The second-order valence-corrected chi connectivity index (χ2v) is 4.65. The number of ether oxygens (including phenoxy) is 1. The van der Waals surface area contributed by atoms with Crippen LogP contribution in [0.1, 0.15) is 18.4 Å². The second-order valence-electron chi connectivity index (χ2n) is 4.65. The maximum Gasteiger partial charge on any atom is 0.256 e. The van der Waals surface area contributed by atoms with Crippen molar-refractivity contribution in [3.63, 3.8) is 0 Å². The van der Waals surface area contributed by atoms with Crippen LogP contribution >= 0.6 is 0 Å². The molecule has 0 N–H and O–H groups in total. The number of benzene rings is 1. The van der Waals surface area contributed by atoms with E-state index in [0.29, 0.717) is 24.5 Å². The Bertz CT molecular complexity index is 538. The summed E-state index contributed by atoms with van der Waals surface area (Å²) in [5.41, 5.74) is 1.27. The van der Waals surface area contributed by atoms with E-state index in [1.807, 2.05) is 6.08 Å². The van der Waals surface area contributed by atoms with Gasteiger partial charge in [-0.3, -0.25) is 4.79 Å². The van der Waals surface area contributed by atoms with Crippen molar-refractivity contribution in [2.45, 2.75) is 19.3 Å². The fourth-order valence-corrected chi connectivity index (χ4v) is 2.20. The molecule has 2 rings (SSSR count). The molecule has 0 saturated heterocycles. The highest BCUT2D eigenvalue weighted by Gasteiger charge is 2.25. The van der Waals surface area contributed by atoms with E-state index in [0.717, 1.165) is 10.5 Å². The molecule has 0 aliphatic carbocycles. The molecule has 0 bridgehead atoms. The number of halogens is 2. The summed E-state index contributed by atoms with van der Waals surface area (Å²) in [5.74, 6) is 0.404. The summed E-state index contributed by atoms with van der Waals surface area (Å²) in [5, 5.41) is 0. The minimum atomic E-state index is -2.55. The van der Waals surface area contributed by atoms with Crippen LogP contribution in [0.5, 0.6) is 5.75 Å². The van der Waals surface area contributed by atoms with Gasteiger partial charge in [-0.1, -0.05) is 18.7 Å². The summed E-state index contributed by atoms with van der Waals surface area (Å²) >= 11 is 0. The van der Waals surface area contributed by atoms with Gasteiger partial charge in [0.15, 0.2) is 0 Å². The van der Waals surface area contributed by atoms with Crippen LogP contribution in [0, 0.1) is 0 Å². The first kappa shape index (κ1) is 15.2. The van der Waals surface area contributed by atoms with E-state index in [-0.39, 0.29) is 12.3 Å². The molecule has 3 nitrogen and oxygen atoms in total. The van der Waals surface area contributed by atoms with Crippen molar-refractivity contribution in [3.8, 4) is 5.75 Å². The largest absolute Gasteiger partial charge is 0.490 e. The van der Waals surface area contributed by atoms with Gasteiger partial charge in [-0.05, 0) is 36.2 Å². The highest BCUT2D eigenvalue weighted by molar-refractivity contribution is 5.89. The summed E-state index contributed by atoms with van der Waals surface area (Å²) < 4.78 is 30.6. The Labute approximate surface area is 122 Å². The molecule has 0 radical (unpaired) electrons. The molecule has 1 aliphatic rings. The first-order valence-electron chi connectivity index (χ1n) is 6.74. The number of alkyl halides is 2. The number of carbonyl (C=O) groups is 1. The molecule has 0 spiro atoms. The number of amides is 1. The minimum absolute atomic E-state index is 0.264. The number of carbonyl (C=O) groups excluding carboxylic acids is 1. The Morgan fingerprint density at radius 3 is 2.67 bits per heavy atom. The van der Waals surface area contributed by atoms with Gasteiger partial charge in [-0.25, -0.2) is 8.78 Å². The van der Waals surface area contributed by atoms with E-state index in [4.69, 9.17) is 4.74 Å². The van der Waals surface area contributed by atoms with Gasteiger partial charge < -0.3 is 9.64 Å². The van der Waals surface area contributed by atoms with Gasteiger partial charge >= 0.3 is 0 Å². The molecule has 1 aromatic rings. The van der Waals surface area contributed by atoms with Crippen LogP contribution in [0.4, 0.5) is 8.78 Å². The number of hydrogen-bond donors (Lipinski definition) is 0. The van der Waals surface area contributed by atoms with Gasteiger partial charge in [0, 0.05) is 12.1 Å². The van der Waals surface area contributed by atoms with Crippen molar-refractivity contribution in [1.82, 2.24) is 4.90 Å². The van der Waals surface area contributed by atoms with Crippen LogP contribution in [-0.2, 0) is 4.79 Å². The Hall–Kier alpha value is -2.17. The van der Waals surface area contributed by atoms with Crippen molar-refractivity contribution in [1.29, 1.82) is 0 Å². The molecule has 112 valence electrons. The van der Waals surface area contributed by atoms with Gasteiger partial charge in [0.05, 0.1) is 6.54 Å². The van der Waals surface area contributed by atoms with Crippen LogP contribution in [-0.4, -0.2) is 30.4 Å². The first-order chi connectivity index (χ1) is 10.1. The van der Waals surface area contributed by atoms with Crippen molar-refractivity contribution < 1.29 is 18.3 Å². The van der Waals surface area contributed by atoms with E-state index >= 15 is 0 Å². The SMILES string of the molecule is C=CCOc1ccc(C2=CCCC(=O)N2CC(F)F)cc1. The average molecular weight is 293 g/mol. The Morgan fingerprint density at radius 1 is 1.33 bits per heavy atom. The fourth-order valence-electron chi connectivity index (χ4n) is 2.20. The lowest BCUT2D eigenvalue weighted by atomic mass is 10.0. The number of allylic oxidation sites excluding steroid dienone is 1. The van der Waals surface area contributed by atoms with Crippen LogP contribution in [0.15, 0.2) is 43.0 Å². The van der Waals surface area contributed by atoms with Crippen molar-refractivity contribution >= 4 is 11.6 Å². The molecule has 1 amide bonds. The van der Waals surface area contributed by atoms with Gasteiger partial charge in [0.2, 0.25) is 5.91 Å². The van der Waals surface area contributed by atoms with E-state index in [2.05, 4.69) is 6.58 Å². The van der Waals surface area contributed by atoms with Gasteiger partial charge in [0.25, 0.3) is 6.43 Å². The van der Waals surface area contributed by atoms with Gasteiger partial charge in [0.1, 0.15) is 12.4 Å². The minimum Gasteiger partial charge on any atom is -0.490 e. The number of rotatable bonds is 6. The molecular weight excluding hydrogens is 276 g/mol. The summed E-state index contributed by atoms with van der Waals surface area (Å²) in [7, 11) is 0. The molecule has 5 heteroatoms. The zero-order valence-corrected chi connectivity index (χ0v) is 11.6. The predicted molar refractivity (Wildman–Crippen MR) is 77.1 cm³/mol. The molecule has 0 fully saturated rings. The lowest BCUT2D eigenvalue weighted by Gasteiger charge is -2.28. The molecule has 0 aromatic heterocycles. The fraction of sp³-hybridized carbons (Fsp3) is 0.312. The zero-order chi connectivity index (χ0) is 15.2. The smallest absolute Gasteiger partial charge is 0.256 e. The first-order valence-corrected chi connectivity index (χ1v) is 6.74. The van der Waals surface area contributed by atoms with Crippen molar-refractivity contribution in [3.05, 3.63) is 48.6 Å². The molecule has 0 atom stereocenters. The van der Waals surface area contributed by atoms with Crippen LogP contribution < -0.4 is 4.74 Å². The third kappa shape index (κ3) is 3.90. The maximum absolute atomic E-state index is 12.6. The molecular formula is C16H17F2NO2. The summed E-state index contributed by atoms with van der Waals surface area (Å²) in [6.45, 7) is 3.39. The summed E-state index contributed by atoms with van der Waals surface area (Å²) in [4.78, 5) is 13.0. The Balaban J connectivity index is 2.19. The predicted octanol–water partition coefficient (Wildman–Crippen LogP) is 3.48. The normalized spacial score (nSPS) is 15.1. The molecule has 1 aliphatic heterocycles. The lowest BCUT2D eigenvalue weighted by molar-refractivity contribution is -0.129. The number of nitrogens with zero attached hydrogens (tertiary/aromatic N) is 1. The quantitative estimate of drug-likeness (QED) is 0.752. The van der Waals surface area contributed by atoms with Crippen LogP contribution in [0.25, 0.3) is 5.70 Å². The molecule has 1 heterocycles. The Morgan fingerprint density at radius 2 is 2.05 bits per heavy atom. The topological polar surface area (TPSA) is 29.5 Å². The third-order valence-electron chi connectivity index (χ3n) is 3.13. The van der Waals surface area contributed by atoms with Crippen molar-refractivity contribution in [2.24, 2.45) is 0 Å². The third-order valence-corrected chi connectivity index (χ3v) is 3.13. The monoisotopic (exact) mass is 293 g/mol. The van der Waals surface area contributed by atoms with Crippen LogP contribution in [0.3, 0.4) is 0 Å². The Kier molecular flexibility index (Phi) is 5.09. The average Bonchev–Trinajstić information content (AvgIpc) is 2.47. The highest BCUT2D eigenvalue weighted by Crippen LogP contribution is 2.27. The molecule has 0 saturated carbocycles. The van der Waals surface area contributed by atoms with Crippen LogP contribution in [0.2, 0.25) is 0 Å². The highest BCUT2D eigenvalue weighted by atomic mass is 19.3. The summed E-state index contributed by atoms with van der Waals surface area (Å²) in [6, 6.07) is 7.03. The lowest BCUT2D eigenvalue weighted by Crippen LogP contribution is -2.35. The molecule has 1 aromatic carbocycles.